The molecule has 0 aliphatic rings. The average Bonchev–Trinajstić information content (AvgIpc) is 2.70. The molecule has 0 bridgehead atoms. The lowest BCUT2D eigenvalue weighted by Crippen LogP contribution is -2.41. The molecule has 6 nitrogen and oxygen atoms in total. The molecule has 1 unspecified atom stereocenters. The van der Waals surface area contributed by atoms with Crippen molar-refractivity contribution in [3.8, 4) is 0 Å². The maximum atomic E-state index is 12.6. The van der Waals surface area contributed by atoms with Crippen molar-refractivity contribution in [1.82, 2.24) is 10.6 Å². The molecule has 2 rings (SSSR count). The Morgan fingerprint density at radius 3 is 2.30 bits per heavy atom. The van der Waals surface area contributed by atoms with Crippen molar-refractivity contribution in [2.75, 3.05) is 13.2 Å². The third-order valence-electron chi connectivity index (χ3n) is 3.32. The number of carbonyl (C=O) groups is 3. The van der Waals surface area contributed by atoms with Gasteiger partial charge in [-0.15, -0.1) is 18.3 Å². The Labute approximate surface area is 162 Å². The van der Waals surface area contributed by atoms with E-state index in [0.29, 0.717) is 0 Å². The van der Waals surface area contributed by atoms with Crippen molar-refractivity contribution in [1.29, 1.82) is 0 Å². The number of urea groups is 1. The van der Waals surface area contributed by atoms with Crippen molar-refractivity contribution in [2.45, 2.75) is 10.1 Å². The van der Waals surface area contributed by atoms with Crippen LogP contribution in [0.15, 0.2) is 78.2 Å². The number of nitrogens with one attached hydrogen (secondary N) is 2. The van der Waals surface area contributed by atoms with Crippen LogP contribution < -0.4 is 10.6 Å². The highest BCUT2D eigenvalue weighted by Crippen LogP contribution is 2.36. The number of ether oxygens (including phenoxy) is 1. The first-order chi connectivity index (χ1) is 13.1. The summed E-state index contributed by atoms with van der Waals surface area (Å²) in [7, 11) is 0. The molecule has 1 atom stereocenters. The lowest BCUT2D eigenvalue weighted by atomic mass is 10.1. The van der Waals surface area contributed by atoms with Crippen molar-refractivity contribution >= 4 is 29.7 Å². The van der Waals surface area contributed by atoms with Gasteiger partial charge in [0.05, 0.1) is 0 Å². The smallest absolute Gasteiger partial charge is 0.324 e. The quantitative estimate of drug-likeness (QED) is 0.415. The highest BCUT2D eigenvalue weighted by molar-refractivity contribution is 8.00. The summed E-state index contributed by atoms with van der Waals surface area (Å²) in [6.45, 7) is 3.14. The summed E-state index contributed by atoms with van der Waals surface area (Å²) >= 11 is 1.33. The minimum absolute atomic E-state index is 0.225. The first-order valence-electron chi connectivity index (χ1n) is 8.22. The van der Waals surface area contributed by atoms with E-state index in [4.69, 9.17) is 4.74 Å². The van der Waals surface area contributed by atoms with Crippen LogP contribution in [0, 0.1) is 0 Å². The van der Waals surface area contributed by atoms with Crippen LogP contribution in [0.25, 0.3) is 0 Å². The third kappa shape index (κ3) is 6.99. The van der Waals surface area contributed by atoms with E-state index in [1.807, 2.05) is 60.7 Å². The molecule has 140 valence electrons. The number of thioether (sulfide) groups is 1. The Bertz CT molecular complexity index is 781. The summed E-state index contributed by atoms with van der Waals surface area (Å²) in [4.78, 5) is 36.6. The predicted octanol–water partition coefficient (Wildman–Crippen LogP) is 3.08. The van der Waals surface area contributed by atoms with Gasteiger partial charge in [0.1, 0.15) is 5.25 Å². The summed E-state index contributed by atoms with van der Waals surface area (Å²) in [6, 6.07) is 17.9. The first kappa shape index (κ1) is 20.3. The van der Waals surface area contributed by atoms with Gasteiger partial charge in [-0.3, -0.25) is 14.9 Å². The maximum absolute atomic E-state index is 12.6. The molecule has 0 saturated carbocycles. The summed E-state index contributed by atoms with van der Waals surface area (Å²) in [5.41, 5.74) is 0.764. The number of rotatable bonds is 8. The molecule has 0 heterocycles. The van der Waals surface area contributed by atoms with E-state index in [1.165, 1.54) is 17.8 Å². The minimum atomic E-state index is -0.707. The molecule has 2 N–H and O–H groups in total. The molecule has 0 aliphatic carbocycles. The minimum Gasteiger partial charge on any atom is -0.454 e. The average molecular weight is 384 g/mol. The number of imide groups is 1. The molecule has 0 radical (unpaired) electrons. The second-order valence-corrected chi connectivity index (χ2v) is 6.55. The van der Waals surface area contributed by atoms with Gasteiger partial charge in [0.15, 0.2) is 6.61 Å². The molecule has 27 heavy (non-hydrogen) atoms. The molecule has 3 amide bonds. The molecular weight excluding hydrogens is 364 g/mol. The monoisotopic (exact) mass is 384 g/mol. The number of amides is 3. The van der Waals surface area contributed by atoms with Gasteiger partial charge in [-0.05, 0) is 17.7 Å². The van der Waals surface area contributed by atoms with Crippen molar-refractivity contribution in [2.24, 2.45) is 0 Å². The summed E-state index contributed by atoms with van der Waals surface area (Å²) in [6.07, 6.45) is 1.48. The zero-order chi connectivity index (χ0) is 19.5. The molecule has 2 aromatic rings. The topological polar surface area (TPSA) is 84.5 Å². The van der Waals surface area contributed by atoms with Crippen molar-refractivity contribution < 1.29 is 19.1 Å². The molecule has 0 spiro atoms. The van der Waals surface area contributed by atoms with Crippen LogP contribution in [0.3, 0.4) is 0 Å². The van der Waals surface area contributed by atoms with Crippen LogP contribution >= 0.6 is 11.8 Å². The highest BCUT2D eigenvalue weighted by atomic mass is 32.2. The molecule has 2 aromatic carbocycles. The Balaban J connectivity index is 1.98. The Morgan fingerprint density at radius 1 is 1.04 bits per heavy atom. The van der Waals surface area contributed by atoms with Gasteiger partial charge >= 0.3 is 12.0 Å². The lowest BCUT2D eigenvalue weighted by molar-refractivity contribution is -0.147. The van der Waals surface area contributed by atoms with Crippen LogP contribution in [-0.2, 0) is 14.3 Å². The molecule has 0 saturated heterocycles. The van der Waals surface area contributed by atoms with Gasteiger partial charge in [-0.2, -0.15) is 0 Å². The standard InChI is InChI=1S/C20H20N2O4S/c1-2-13-21-20(25)22-17(23)14-26-19(24)18(15-9-5-3-6-10-15)27-16-11-7-4-8-12-16/h2-12,18H,1,13-14H2,(H2,21,22,23,25). The van der Waals surface area contributed by atoms with E-state index in [-0.39, 0.29) is 6.54 Å². The number of esters is 1. The number of carbonyl (C=O) groups excluding carboxylic acids is 3. The first-order valence-corrected chi connectivity index (χ1v) is 9.10. The summed E-state index contributed by atoms with van der Waals surface area (Å²) < 4.78 is 5.13. The zero-order valence-electron chi connectivity index (χ0n) is 14.6. The summed E-state index contributed by atoms with van der Waals surface area (Å²) in [5, 5.41) is 3.85. The molecular formula is C20H20N2O4S. The summed E-state index contributed by atoms with van der Waals surface area (Å²) in [5.74, 6) is -1.27. The second kappa shape index (κ2) is 10.8. The molecule has 0 fully saturated rings. The Kier molecular flexibility index (Phi) is 8.12. The lowest BCUT2D eigenvalue weighted by Gasteiger charge is -2.16. The maximum Gasteiger partial charge on any atom is 0.324 e. The van der Waals surface area contributed by atoms with Crippen LogP contribution in [-0.4, -0.2) is 31.1 Å². The third-order valence-corrected chi connectivity index (χ3v) is 4.56. The normalized spacial score (nSPS) is 11.1. The molecule has 0 aromatic heterocycles. The molecule has 0 aliphatic heterocycles. The van der Waals surface area contributed by atoms with E-state index in [1.54, 1.807) is 0 Å². The second-order valence-electron chi connectivity index (χ2n) is 5.38. The fourth-order valence-corrected chi connectivity index (χ4v) is 3.14. The van der Waals surface area contributed by atoms with Crippen LogP contribution in [0.4, 0.5) is 4.79 Å². The van der Waals surface area contributed by atoms with Crippen LogP contribution in [0.1, 0.15) is 10.8 Å². The SMILES string of the molecule is C=CCNC(=O)NC(=O)COC(=O)C(Sc1ccccc1)c1ccccc1. The number of hydrogen-bond donors (Lipinski definition) is 2. The van der Waals surface area contributed by atoms with Crippen LogP contribution in [0.5, 0.6) is 0 Å². The van der Waals surface area contributed by atoms with Gasteiger partial charge in [-0.25, -0.2) is 4.79 Å². The van der Waals surface area contributed by atoms with Crippen molar-refractivity contribution in [3.63, 3.8) is 0 Å². The number of hydrogen-bond acceptors (Lipinski definition) is 5. The fourth-order valence-electron chi connectivity index (χ4n) is 2.10. The van der Waals surface area contributed by atoms with Gasteiger partial charge in [0.25, 0.3) is 5.91 Å². The van der Waals surface area contributed by atoms with E-state index in [0.717, 1.165) is 10.5 Å². The predicted molar refractivity (Wildman–Crippen MR) is 104 cm³/mol. The Morgan fingerprint density at radius 2 is 1.67 bits per heavy atom. The van der Waals surface area contributed by atoms with Gasteiger partial charge in [0.2, 0.25) is 0 Å². The van der Waals surface area contributed by atoms with E-state index in [2.05, 4.69) is 17.2 Å². The molecule has 7 heteroatoms. The largest absolute Gasteiger partial charge is 0.454 e. The van der Waals surface area contributed by atoms with Gasteiger partial charge in [-0.1, -0.05) is 54.6 Å². The van der Waals surface area contributed by atoms with E-state index < -0.39 is 29.8 Å². The van der Waals surface area contributed by atoms with E-state index in [9.17, 15) is 14.4 Å². The highest BCUT2D eigenvalue weighted by Gasteiger charge is 2.24. The fraction of sp³-hybridized carbons (Fsp3) is 0.150. The zero-order valence-corrected chi connectivity index (χ0v) is 15.4. The number of benzene rings is 2. The van der Waals surface area contributed by atoms with E-state index >= 15 is 0 Å². The van der Waals surface area contributed by atoms with Crippen molar-refractivity contribution in [3.05, 3.63) is 78.9 Å². The van der Waals surface area contributed by atoms with Gasteiger partial charge < -0.3 is 10.1 Å². The van der Waals surface area contributed by atoms with Crippen LogP contribution in [0.2, 0.25) is 0 Å². The Hall–Kier alpha value is -3.06. The van der Waals surface area contributed by atoms with Gasteiger partial charge in [0, 0.05) is 11.4 Å².